The summed E-state index contributed by atoms with van der Waals surface area (Å²) in [6, 6.07) is 23.2. The quantitative estimate of drug-likeness (QED) is 0.262. The average Bonchev–Trinajstić information content (AvgIpc) is 3.11. The smallest absolute Gasteiger partial charge is 0.326 e. The second-order valence-electron chi connectivity index (χ2n) is 10.5. The Bertz CT molecular complexity index is 1480. The molecule has 1 N–H and O–H groups in total. The Hall–Kier alpha value is -3.06. The first kappa shape index (κ1) is 27.5. The summed E-state index contributed by atoms with van der Waals surface area (Å²) in [7, 11) is 1.86. The van der Waals surface area contributed by atoms with E-state index >= 15 is 0 Å². The number of likely N-dealkylation sites (N-methyl/N-ethyl adjacent to an activating group) is 1. The van der Waals surface area contributed by atoms with E-state index in [1.807, 2.05) is 84.4 Å². The highest BCUT2D eigenvalue weighted by Gasteiger charge is 2.24. The number of imidazole rings is 1. The first-order valence-electron chi connectivity index (χ1n) is 13.6. The topological polar surface area (TPSA) is 61.3 Å². The molecule has 0 aliphatic carbocycles. The molecule has 1 aliphatic rings. The van der Waals surface area contributed by atoms with Crippen LogP contribution < -0.4 is 5.69 Å². The summed E-state index contributed by atoms with van der Waals surface area (Å²) in [5.74, 6) is 0.107. The number of nitrogens with one attached hydrogen (secondary N) is 1. The number of fused-ring (bicyclic) bond motifs is 1. The van der Waals surface area contributed by atoms with Gasteiger partial charge in [-0.15, -0.1) is 0 Å². The van der Waals surface area contributed by atoms with Gasteiger partial charge in [-0.2, -0.15) is 0 Å². The first-order valence-corrected chi connectivity index (χ1v) is 14.3. The molecule has 1 aromatic heterocycles. The molecule has 1 amide bonds. The Labute approximate surface area is 239 Å². The molecule has 0 saturated carbocycles. The molecule has 2 atom stereocenters. The molecular weight excluding hydrogens is 531 g/mol. The van der Waals surface area contributed by atoms with Crippen molar-refractivity contribution in [2.24, 2.45) is 0 Å². The highest BCUT2D eigenvalue weighted by Crippen LogP contribution is 2.30. The summed E-state index contributed by atoms with van der Waals surface area (Å²) >= 11 is 12.6. The summed E-state index contributed by atoms with van der Waals surface area (Å²) in [4.78, 5) is 33.1. The van der Waals surface area contributed by atoms with Gasteiger partial charge in [-0.25, -0.2) is 4.79 Å². The number of aromatic nitrogens is 2. The van der Waals surface area contributed by atoms with Crippen molar-refractivity contribution in [2.75, 3.05) is 33.2 Å². The molecule has 1 fully saturated rings. The number of carbonyl (C=O) groups excluding carboxylic acids is 1. The van der Waals surface area contributed by atoms with Gasteiger partial charge in [-0.3, -0.25) is 9.36 Å². The number of aromatic amines is 1. The van der Waals surface area contributed by atoms with Crippen molar-refractivity contribution in [3.63, 3.8) is 0 Å². The van der Waals surface area contributed by atoms with Gasteiger partial charge in [-0.1, -0.05) is 59.6 Å². The highest BCUT2D eigenvalue weighted by molar-refractivity contribution is 6.42. The lowest BCUT2D eigenvalue weighted by Gasteiger charge is -2.28. The standard InChI is InChI=1S/C31H34Cl2N4O2/c1-35(30(38)22-8-3-2-4-9-22)21-24(23-13-14-26(32)27(33)20-23)15-18-36-17-7-10-25(16-19-36)37-29-12-6-5-11-28(29)34-31(37)39/h2-6,8-9,11-14,20,24-25H,7,10,15-19,21H2,1H3,(H,34,39). The van der Waals surface area contributed by atoms with Crippen LogP contribution in [0.2, 0.25) is 10.0 Å². The van der Waals surface area contributed by atoms with Crippen LogP contribution in [0, 0.1) is 0 Å². The van der Waals surface area contributed by atoms with Crippen molar-refractivity contribution in [3.8, 4) is 0 Å². The van der Waals surface area contributed by atoms with Gasteiger partial charge in [0.2, 0.25) is 0 Å². The van der Waals surface area contributed by atoms with Crippen molar-refractivity contribution in [2.45, 2.75) is 37.6 Å². The van der Waals surface area contributed by atoms with E-state index < -0.39 is 0 Å². The fraction of sp³-hybridized carbons (Fsp3) is 0.355. The SMILES string of the molecule is CN(CC(CCN1CCCC(n2c(=O)[nH]c3ccccc32)CC1)c1ccc(Cl)c(Cl)c1)C(=O)c1ccccc1. The molecule has 6 nitrogen and oxygen atoms in total. The fourth-order valence-corrected chi connectivity index (χ4v) is 6.05. The molecule has 8 heteroatoms. The van der Waals surface area contributed by atoms with Crippen molar-refractivity contribution in [3.05, 3.63) is 104 Å². The van der Waals surface area contributed by atoms with Crippen LogP contribution in [0.5, 0.6) is 0 Å². The summed E-state index contributed by atoms with van der Waals surface area (Å²) < 4.78 is 1.95. The van der Waals surface area contributed by atoms with Gasteiger partial charge < -0.3 is 14.8 Å². The van der Waals surface area contributed by atoms with E-state index in [9.17, 15) is 9.59 Å². The number of rotatable bonds is 8. The number of para-hydroxylation sites is 2. The van der Waals surface area contributed by atoms with Crippen LogP contribution in [0.3, 0.4) is 0 Å². The van der Waals surface area contributed by atoms with E-state index in [0.717, 1.165) is 61.9 Å². The Morgan fingerprint density at radius 3 is 2.56 bits per heavy atom. The number of hydrogen-bond acceptors (Lipinski definition) is 3. The molecule has 1 aliphatic heterocycles. The predicted octanol–water partition coefficient (Wildman–Crippen LogP) is 6.61. The summed E-state index contributed by atoms with van der Waals surface area (Å²) in [6.07, 6.45) is 3.80. The third kappa shape index (κ3) is 6.40. The maximum Gasteiger partial charge on any atom is 0.326 e. The zero-order valence-electron chi connectivity index (χ0n) is 22.2. The van der Waals surface area contributed by atoms with Crippen LogP contribution in [0.4, 0.5) is 0 Å². The number of halogens is 2. The van der Waals surface area contributed by atoms with Crippen molar-refractivity contribution in [1.82, 2.24) is 19.4 Å². The minimum absolute atomic E-state index is 0.00226. The lowest BCUT2D eigenvalue weighted by atomic mass is 9.94. The second-order valence-corrected chi connectivity index (χ2v) is 11.3. The Morgan fingerprint density at radius 2 is 1.77 bits per heavy atom. The van der Waals surface area contributed by atoms with Crippen LogP contribution in [-0.4, -0.2) is 58.5 Å². The number of H-pyrrole nitrogens is 1. The second kappa shape index (κ2) is 12.4. The molecule has 2 heterocycles. The molecule has 0 radical (unpaired) electrons. The van der Waals surface area contributed by atoms with E-state index in [1.165, 1.54) is 0 Å². The number of nitrogens with zero attached hydrogens (tertiary/aromatic N) is 3. The average molecular weight is 566 g/mol. The lowest BCUT2D eigenvalue weighted by molar-refractivity contribution is 0.0782. The summed E-state index contributed by atoms with van der Waals surface area (Å²) in [6.45, 7) is 3.38. The number of amides is 1. The van der Waals surface area contributed by atoms with Gasteiger partial charge in [0.25, 0.3) is 5.91 Å². The van der Waals surface area contributed by atoms with E-state index in [2.05, 4.69) is 9.88 Å². The monoisotopic (exact) mass is 564 g/mol. The molecule has 1 saturated heterocycles. The molecule has 0 spiro atoms. The summed E-state index contributed by atoms with van der Waals surface area (Å²) in [5, 5.41) is 1.05. The van der Waals surface area contributed by atoms with Gasteiger partial charge in [0.05, 0.1) is 21.1 Å². The molecule has 3 aromatic carbocycles. The third-order valence-corrected chi connectivity index (χ3v) is 8.59. The number of carbonyl (C=O) groups is 1. The van der Waals surface area contributed by atoms with Gasteiger partial charge >= 0.3 is 5.69 Å². The Balaban J connectivity index is 1.27. The van der Waals surface area contributed by atoms with Crippen LogP contribution in [0.1, 0.15) is 53.6 Å². The van der Waals surface area contributed by atoms with Crippen LogP contribution in [0.15, 0.2) is 77.6 Å². The van der Waals surface area contributed by atoms with E-state index in [1.54, 1.807) is 4.90 Å². The maximum absolute atomic E-state index is 13.1. The van der Waals surface area contributed by atoms with Crippen LogP contribution in [0.25, 0.3) is 11.0 Å². The molecule has 2 unspecified atom stereocenters. The van der Waals surface area contributed by atoms with E-state index in [-0.39, 0.29) is 23.6 Å². The minimum atomic E-state index is -0.0274. The van der Waals surface area contributed by atoms with Gasteiger partial charge in [0.1, 0.15) is 0 Å². The largest absolute Gasteiger partial charge is 0.341 e. The highest BCUT2D eigenvalue weighted by atomic mass is 35.5. The van der Waals surface area contributed by atoms with E-state index in [0.29, 0.717) is 22.2 Å². The first-order chi connectivity index (χ1) is 18.9. The van der Waals surface area contributed by atoms with Crippen LogP contribution in [-0.2, 0) is 0 Å². The molecule has 204 valence electrons. The maximum atomic E-state index is 13.1. The molecular formula is C31H34Cl2N4O2. The zero-order chi connectivity index (χ0) is 27.4. The molecule has 4 aromatic rings. The number of hydrogen-bond donors (Lipinski definition) is 1. The zero-order valence-corrected chi connectivity index (χ0v) is 23.7. The molecule has 0 bridgehead atoms. The van der Waals surface area contributed by atoms with Crippen LogP contribution >= 0.6 is 23.2 Å². The molecule has 39 heavy (non-hydrogen) atoms. The normalized spacial score (nSPS) is 17.2. The van der Waals surface area contributed by atoms with Gasteiger partial charge in [0, 0.05) is 37.7 Å². The number of benzene rings is 3. The lowest BCUT2D eigenvalue weighted by Crippen LogP contribution is -2.33. The molecule has 5 rings (SSSR count). The van der Waals surface area contributed by atoms with Crippen molar-refractivity contribution in [1.29, 1.82) is 0 Å². The fourth-order valence-electron chi connectivity index (χ4n) is 5.74. The third-order valence-electron chi connectivity index (χ3n) is 7.85. The minimum Gasteiger partial charge on any atom is -0.341 e. The van der Waals surface area contributed by atoms with Gasteiger partial charge in [-0.05, 0) is 80.7 Å². The van der Waals surface area contributed by atoms with E-state index in [4.69, 9.17) is 23.2 Å². The van der Waals surface area contributed by atoms with Crippen molar-refractivity contribution >= 4 is 40.1 Å². The Kier molecular flexibility index (Phi) is 8.75. The van der Waals surface area contributed by atoms with Crippen molar-refractivity contribution < 1.29 is 4.79 Å². The Morgan fingerprint density at radius 1 is 1.00 bits per heavy atom. The van der Waals surface area contributed by atoms with Gasteiger partial charge in [0.15, 0.2) is 0 Å². The number of likely N-dealkylation sites (tertiary alicyclic amines) is 1. The summed E-state index contributed by atoms with van der Waals surface area (Å²) in [5.41, 5.74) is 3.60. The predicted molar refractivity (Wildman–Crippen MR) is 159 cm³/mol.